The van der Waals surface area contributed by atoms with E-state index in [0.29, 0.717) is 5.69 Å². The second-order valence-electron chi connectivity index (χ2n) is 8.56. The molecule has 0 aliphatic heterocycles. The van der Waals surface area contributed by atoms with Crippen LogP contribution in [0.2, 0.25) is 0 Å². The Morgan fingerprint density at radius 3 is 2.46 bits per heavy atom. The number of anilines is 1. The molecule has 1 aliphatic rings. The molecule has 2 aromatic heterocycles. The number of hydrogen-bond acceptors (Lipinski definition) is 5. The van der Waals surface area contributed by atoms with Gasteiger partial charge in [0.1, 0.15) is 5.56 Å². The van der Waals surface area contributed by atoms with Crippen LogP contribution in [0.5, 0.6) is 0 Å². The van der Waals surface area contributed by atoms with Crippen molar-refractivity contribution in [1.82, 2.24) is 9.97 Å². The maximum absolute atomic E-state index is 13.6. The van der Waals surface area contributed by atoms with E-state index < -0.39 is 33.0 Å². The molecule has 0 bridgehead atoms. The molecule has 4 rings (SSSR count). The van der Waals surface area contributed by atoms with Crippen LogP contribution in [0, 0.1) is 6.92 Å². The van der Waals surface area contributed by atoms with Gasteiger partial charge in [-0.05, 0) is 67.6 Å². The first-order chi connectivity index (χ1) is 16.3. The number of alkyl halides is 3. The average Bonchev–Trinajstić information content (AvgIpc) is 3.62. The van der Waals surface area contributed by atoms with Crippen LogP contribution in [0.4, 0.5) is 18.9 Å². The number of aromatic nitrogens is 2. The molecule has 1 aromatic carbocycles. The van der Waals surface area contributed by atoms with E-state index in [1.54, 1.807) is 6.92 Å². The fourth-order valence-electron chi connectivity index (χ4n) is 3.78. The van der Waals surface area contributed by atoms with E-state index in [4.69, 9.17) is 0 Å². The van der Waals surface area contributed by atoms with Crippen LogP contribution < -0.4 is 10.5 Å². The molecule has 0 radical (unpaired) electrons. The first-order valence-corrected chi connectivity index (χ1v) is 12.6. The van der Waals surface area contributed by atoms with Crippen molar-refractivity contribution in [3.63, 3.8) is 0 Å². The van der Waals surface area contributed by atoms with Crippen LogP contribution >= 0.6 is 0 Å². The van der Waals surface area contributed by atoms with E-state index in [2.05, 4.69) is 9.97 Å². The number of pyridine rings is 2. The van der Waals surface area contributed by atoms with Gasteiger partial charge in [0, 0.05) is 23.8 Å². The normalized spacial score (nSPS) is 14.1. The van der Waals surface area contributed by atoms with E-state index in [9.17, 15) is 31.2 Å². The lowest BCUT2D eigenvalue weighted by Gasteiger charge is -2.24. The molecule has 1 N–H and O–H groups in total. The predicted octanol–water partition coefficient (Wildman–Crippen LogP) is 4.23. The number of carbonyl (C=O) groups excluding carboxylic acids is 1. The molecule has 1 amide bonds. The number of rotatable bonds is 6. The van der Waals surface area contributed by atoms with E-state index >= 15 is 0 Å². The van der Waals surface area contributed by atoms with Gasteiger partial charge in [-0.2, -0.15) is 13.2 Å². The van der Waals surface area contributed by atoms with Crippen molar-refractivity contribution in [2.24, 2.45) is 0 Å². The molecule has 3 aromatic rings. The summed E-state index contributed by atoms with van der Waals surface area (Å²) in [4.78, 5) is 34.0. The minimum atomic E-state index is -4.64. The average molecular weight is 506 g/mol. The molecule has 0 spiro atoms. The highest BCUT2D eigenvalue weighted by Gasteiger charge is 2.32. The Morgan fingerprint density at radius 2 is 1.89 bits per heavy atom. The Balaban J connectivity index is 1.78. The number of aromatic amines is 1. The van der Waals surface area contributed by atoms with Crippen molar-refractivity contribution in [3.05, 3.63) is 87.1 Å². The fraction of sp³-hybridized carbons (Fsp3) is 0.292. The molecular formula is C24H22F3N3O4S. The molecule has 35 heavy (non-hydrogen) atoms. The van der Waals surface area contributed by atoms with Gasteiger partial charge in [0.15, 0.2) is 9.84 Å². The van der Waals surface area contributed by atoms with Gasteiger partial charge in [-0.15, -0.1) is 0 Å². The van der Waals surface area contributed by atoms with Gasteiger partial charge in [-0.25, -0.2) is 8.42 Å². The minimum Gasteiger partial charge on any atom is -0.326 e. The van der Waals surface area contributed by atoms with Crippen molar-refractivity contribution in [2.75, 3.05) is 11.2 Å². The largest absolute Gasteiger partial charge is 0.416 e. The molecule has 1 aliphatic carbocycles. The van der Waals surface area contributed by atoms with Crippen LogP contribution in [-0.2, 0) is 22.6 Å². The summed E-state index contributed by atoms with van der Waals surface area (Å²) in [6, 6.07) is 8.41. The van der Waals surface area contributed by atoms with Gasteiger partial charge in [0.25, 0.3) is 11.5 Å². The Labute approximate surface area is 199 Å². The van der Waals surface area contributed by atoms with Crippen LogP contribution in [0.1, 0.15) is 51.6 Å². The summed E-state index contributed by atoms with van der Waals surface area (Å²) < 4.78 is 63.5. The molecule has 0 saturated heterocycles. The third-order valence-electron chi connectivity index (χ3n) is 5.80. The fourth-order valence-corrected chi connectivity index (χ4v) is 4.34. The Bertz CT molecular complexity index is 1440. The molecule has 11 heteroatoms. The van der Waals surface area contributed by atoms with Crippen LogP contribution in [0.3, 0.4) is 0 Å². The lowest BCUT2D eigenvalue weighted by atomic mass is 10.1. The number of aryl methyl sites for hydroxylation is 1. The quantitative estimate of drug-likeness (QED) is 0.541. The Kier molecular flexibility index (Phi) is 6.31. The number of amides is 1. The van der Waals surface area contributed by atoms with Gasteiger partial charge < -0.3 is 9.88 Å². The smallest absolute Gasteiger partial charge is 0.326 e. The SMILES string of the molecule is Cc1[nH]c(=O)c(C(=O)N(Cc2ccc(S(C)(=O)=O)cn2)c2cccc(C(F)(F)F)c2)cc1C1CC1. The monoisotopic (exact) mass is 505 g/mol. The lowest BCUT2D eigenvalue weighted by molar-refractivity contribution is -0.137. The summed E-state index contributed by atoms with van der Waals surface area (Å²) >= 11 is 0. The first-order valence-electron chi connectivity index (χ1n) is 10.7. The van der Waals surface area contributed by atoms with Gasteiger partial charge in [-0.1, -0.05) is 6.07 Å². The third kappa shape index (κ3) is 5.45. The van der Waals surface area contributed by atoms with Gasteiger partial charge in [0.05, 0.1) is 22.7 Å². The van der Waals surface area contributed by atoms with Crippen molar-refractivity contribution >= 4 is 21.4 Å². The highest BCUT2D eigenvalue weighted by molar-refractivity contribution is 7.90. The highest BCUT2D eigenvalue weighted by Crippen LogP contribution is 2.41. The zero-order valence-corrected chi connectivity index (χ0v) is 19.7. The Hall–Kier alpha value is -3.47. The second kappa shape index (κ2) is 8.95. The molecule has 1 fully saturated rings. The molecule has 2 heterocycles. The second-order valence-corrected chi connectivity index (χ2v) is 10.6. The van der Waals surface area contributed by atoms with Crippen LogP contribution in [-0.4, -0.2) is 30.5 Å². The number of nitrogens with zero attached hydrogens (tertiary/aromatic N) is 2. The molecular weight excluding hydrogens is 483 g/mol. The summed E-state index contributed by atoms with van der Waals surface area (Å²) in [7, 11) is -3.51. The number of benzene rings is 1. The molecule has 0 atom stereocenters. The third-order valence-corrected chi connectivity index (χ3v) is 6.90. The van der Waals surface area contributed by atoms with E-state index in [1.807, 2.05) is 0 Å². The maximum Gasteiger partial charge on any atom is 0.416 e. The summed E-state index contributed by atoms with van der Waals surface area (Å²) in [5.41, 5.74) is -0.159. The summed E-state index contributed by atoms with van der Waals surface area (Å²) in [6.07, 6.45) is -0.657. The molecule has 7 nitrogen and oxygen atoms in total. The van der Waals surface area contributed by atoms with E-state index in [-0.39, 0.29) is 34.3 Å². The topological polar surface area (TPSA) is 100 Å². The maximum atomic E-state index is 13.6. The number of halogens is 3. The highest BCUT2D eigenvalue weighted by atomic mass is 32.2. The lowest BCUT2D eigenvalue weighted by Crippen LogP contribution is -2.35. The molecule has 0 unspecified atom stereocenters. The van der Waals surface area contributed by atoms with Crippen LogP contribution in [0.15, 0.2) is 58.4 Å². The van der Waals surface area contributed by atoms with Gasteiger partial charge >= 0.3 is 6.18 Å². The van der Waals surface area contributed by atoms with Crippen molar-refractivity contribution in [3.8, 4) is 0 Å². The van der Waals surface area contributed by atoms with E-state index in [0.717, 1.165) is 47.9 Å². The first kappa shape index (κ1) is 24.6. The summed E-state index contributed by atoms with van der Waals surface area (Å²) in [5.74, 6) is -0.563. The number of nitrogens with one attached hydrogen (secondary N) is 1. The van der Waals surface area contributed by atoms with Crippen molar-refractivity contribution in [2.45, 2.75) is 43.3 Å². The zero-order chi connectivity index (χ0) is 25.5. The standard InChI is InChI=1S/C24H22F3N3O4S/c1-14-20(15-6-7-15)11-21(22(31)29-14)23(32)30(18-5-3-4-16(10-18)24(25,26)27)13-17-8-9-19(12-28-17)35(2,33)34/h3-5,8-12,15H,6-7,13H2,1-2H3,(H,29,31). The van der Waals surface area contributed by atoms with Gasteiger partial charge in [0.2, 0.25) is 0 Å². The van der Waals surface area contributed by atoms with Crippen LogP contribution in [0.25, 0.3) is 0 Å². The Morgan fingerprint density at radius 1 is 1.17 bits per heavy atom. The van der Waals surface area contributed by atoms with E-state index in [1.165, 1.54) is 30.3 Å². The number of carbonyl (C=O) groups is 1. The number of H-pyrrole nitrogens is 1. The zero-order valence-electron chi connectivity index (χ0n) is 18.9. The van der Waals surface area contributed by atoms with Gasteiger partial charge in [-0.3, -0.25) is 14.6 Å². The number of hydrogen-bond donors (Lipinski definition) is 1. The summed E-state index contributed by atoms with van der Waals surface area (Å²) in [6.45, 7) is 1.46. The van der Waals surface area contributed by atoms with Crippen molar-refractivity contribution < 1.29 is 26.4 Å². The molecule has 1 saturated carbocycles. The predicted molar refractivity (Wildman–Crippen MR) is 123 cm³/mol. The van der Waals surface area contributed by atoms with Crippen molar-refractivity contribution in [1.29, 1.82) is 0 Å². The molecule has 184 valence electrons. The number of sulfone groups is 1. The summed E-state index contributed by atoms with van der Waals surface area (Å²) in [5, 5.41) is 0. The minimum absolute atomic E-state index is 0.0396.